The minimum absolute atomic E-state index is 0.0309. The first-order valence-electron chi connectivity index (χ1n) is 8.54. The lowest BCUT2D eigenvalue weighted by molar-refractivity contribution is 0.0541. The van der Waals surface area contributed by atoms with Gasteiger partial charge in [-0.25, -0.2) is 9.97 Å². The van der Waals surface area contributed by atoms with Gasteiger partial charge < -0.3 is 14.9 Å². The molecule has 0 aliphatic carbocycles. The maximum atomic E-state index is 12.7. The molecule has 0 unspecified atom stereocenters. The van der Waals surface area contributed by atoms with Crippen molar-refractivity contribution in [2.45, 2.75) is 44.6 Å². The maximum absolute atomic E-state index is 12.7. The quantitative estimate of drug-likeness (QED) is 0.887. The van der Waals surface area contributed by atoms with Crippen molar-refractivity contribution in [3.05, 3.63) is 23.3 Å². The molecule has 6 heteroatoms. The fourth-order valence-corrected chi connectivity index (χ4v) is 3.44. The molecule has 1 amide bonds. The third-order valence-corrected chi connectivity index (χ3v) is 4.97. The van der Waals surface area contributed by atoms with Crippen molar-refractivity contribution in [2.24, 2.45) is 0 Å². The number of aliphatic hydroxyl groups excluding tert-OH is 1. The fourth-order valence-electron chi connectivity index (χ4n) is 3.44. The van der Waals surface area contributed by atoms with Crippen molar-refractivity contribution in [3.63, 3.8) is 0 Å². The molecule has 23 heavy (non-hydrogen) atoms. The Morgan fingerprint density at radius 3 is 2.43 bits per heavy atom. The number of nitrogens with zero attached hydrogens (tertiary/aromatic N) is 4. The van der Waals surface area contributed by atoms with E-state index in [1.807, 2.05) is 13.0 Å². The van der Waals surface area contributed by atoms with E-state index in [2.05, 4.69) is 21.9 Å². The summed E-state index contributed by atoms with van der Waals surface area (Å²) in [7, 11) is 2.14. The molecular weight excluding hydrogens is 292 g/mol. The SMILES string of the molecule is Cc1nc(C(=O)N2CCC(O)CC2)cc(C2CCN(C)CC2)n1. The topological polar surface area (TPSA) is 69.6 Å². The van der Waals surface area contributed by atoms with Crippen molar-refractivity contribution >= 4 is 5.91 Å². The Balaban J connectivity index is 1.76. The molecule has 6 nitrogen and oxygen atoms in total. The largest absolute Gasteiger partial charge is 0.393 e. The molecule has 0 aromatic carbocycles. The molecule has 126 valence electrons. The molecule has 0 atom stereocenters. The minimum Gasteiger partial charge on any atom is -0.393 e. The van der Waals surface area contributed by atoms with Crippen LogP contribution in [0.2, 0.25) is 0 Å². The number of piperidine rings is 2. The van der Waals surface area contributed by atoms with Crippen LogP contribution in [0.1, 0.15) is 53.6 Å². The van der Waals surface area contributed by atoms with E-state index in [0.717, 1.165) is 31.6 Å². The first-order valence-corrected chi connectivity index (χ1v) is 8.54. The molecule has 3 heterocycles. The molecule has 1 N–H and O–H groups in total. The molecular formula is C17H26N4O2. The molecule has 2 aliphatic heterocycles. The molecule has 0 spiro atoms. The summed E-state index contributed by atoms with van der Waals surface area (Å²) in [5, 5.41) is 9.59. The minimum atomic E-state index is -0.277. The van der Waals surface area contributed by atoms with Gasteiger partial charge in [-0.2, -0.15) is 0 Å². The molecule has 3 rings (SSSR count). The van der Waals surface area contributed by atoms with Gasteiger partial charge in [0, 0.05) is 24.7 Å². The van der Waals surface area contributed by atoms with Gasteiger partial charge in [0.1, 0.15) is 11.5 Å². The number of aryl methyl sites for hydroxylation is 1. The monoisotopic (exact) mass is 318 g/mol. The second kappa shape index (κ2) is 6.93. The zero-order valence-electron chi connectivity index (χ0n) is 14.0. The Hall–Kier alpha value is -1.53. The summed E-state index contributed by atoms with van der Waals surface area (Å²) in [5.74, 6) is 1.06. The van der Waals surface area contributed by atoms with Crippen molar-refractivity contribution in [2.75, 3.05) is 33.2 Å². The standard InChI is InChI=1S/C17H26N4O2/c1-12-18-15(13-3-7-20(2)8-4-13)11-16(19-12)17(23)21-9-5-14(22)6-10-21/h11,13-14,22H,3-10H2,1-2H3. The average Bonchev–Trinajstić information content (AvgIpc) is 2.55. The van der Waals surface area contributed by atoms with Crippen LogP contribution < -0.4 is 0 Å². The van der Waals surface area contributed by atoms with Gasteiger partial charge >= 0.3 is 0 Å². The van der Waals surface area contributed by atoms with E-state index >= 15 is 0 Å². The number of carbonyl (C=O) groups is 1. The first-order chi connectivity index (χ1) is 11.0. The van der Waals surface area contributed by atoms with Crippen LogP contribution in [0.25, 0.3) is 0 Å². The lowest BCUT2D eigenvalue weighted by Crippen LogP contribution is -2.40. The van der Waals surface area contributed by atoms with E-state index < -0.39 is 0 Å². The maximum Gasteiger partial charge on any atom is 0.272 e. The molecule has 2 saturated heterocycles. The lowest BCUT2D eigenvalue weighted by Gasteiger charge is -2.30. The second-order valence-electron chi connectivity index (χ2n) is 6.83. The number of amides is 1. The van der Waals surface area contributed by atoms with Gasteiger partial charge in [0.2, 0.25) is 0 Å². The van der Waals surface area contributed by atoms with Gasteiger partial charge in [-0.15, -0.1) is 0 Å². The van der Waals surface area contributed by atoms with Gasteiger partial charge in [0.15, 0.2) is 0 Å². The highest BCUT2D eigenvalue weighted by Crippen LogP contribution is 2.27. The van der Waals surface area contributed by atoms with Crippen LogP contribution in [0.4, 0.5) is 0 Å². The van der Waals surface area contributed by atoms with Gasteiger partial charge in [0.05, 0.1) is 6.10 Å². The zero-order chi connectivity index (χ0) is 16.4. The highest BCUT2D eigenvalue weighted by atomic mass is 16.3. The zero-order valence-corrected chi connectivity index (χ0v) is 14.0. The average molecular weight is 318 g/mol. The van der Waals surface area contributed by atoms with Gasteiger partial charge in [-0.05, 0) is 58.8 Å². The van der Waals surface area contributed by atoms with Crippen molar-refractivity contribution < 1.29 is 9.90 Å². The molecule has 0 radical (unpaired) electrons. The first kappa shape index (κ1) is 16.3. The van der Waals surface area contributed by atoms with Gasteiger partial charge in [0.25, 0.3) is 5.91 Å². The van der Waals surface area contributed by atoms with Gasteiger partial charge in [-0.1, -0.05) is 0 Å². The van der Waals surface area contributed by atoms with Crippen LogP contribution in [0, 0.1) is 6.92 Å². The summed E-state index contributed by atoms with van der Waals surface area (Å²) in [5.41, 5.74) is 1.51. The van der Waals surface area contributed by atoms with Crippen molar-refractivity contribution in [1.82, 2.24) is 19.8 Å². The smallest absolute Gasteiger partial charge is 0.272 e. The van der Waals surface area contributed by atoms with Gasteiger partial charge in [-0.3, -0.25) is 4.79 Å². The molecule has 2 aliphatic rings. The number of rotatable bonds is 2. The fraction of sp³-hybridized carbons (Fsp3) is 0.706. The number of hydrogen-bond donors (Lipinski definition) is 1. The molecule has 1 aromatic heterocycles. The van der Waals surface area contributed by atoms with Crippen LogP contribution in [0.3, 0.4) is 0 Å². The third kappa shape index (κ3) is 3.87. The second-order valence-corrected chi connectivity index (χ2v) is 6.83. The van der Waals surface area contributed by atoms with Crippen LogP contribution in [0.15, 0.2) is 6.07 Å². The van der Waals surface area contributed by atoms with Crippen molar-refractivity contribution in [1.29, 1.82) is 0 Å². The highest BCUT2D eigenvalue weighted by molar-refractivity contribution is 5.92. The number of carbonyl (C=O) groups excluding carboxylic acids is 1. The summed E-state index contributed by atoms with van der Waals surface area (Å²) in [4.78, 5) is 25.8. The summed E-state index contributed by atoms with van der Waals surface area (Å²) >= 11 is 0. The molecule has 0 bridgehead atoms. The summed E-state index contributed by atoms with van der Waals surface area (Å²) in [6, 6.07) is 1.89. The van der Waals surface area contributed by atoms with E-state index in [1.165, 1.54) is 0 Å². The van der Waals surface area contributed by atoms with E-state index in [1.54, 1.807) is 4.90 Å². The molecule has 0 saturated carbocycles. The predicted octanol–water partition coefficient (Wildman–Crippen LogP) is 1.19. The normalized spacial score (nSPS) is 21.6. The van der Waals surface area contributed by atoms with Crippen molar-refractivity contribution in [3.8, 4) is 0 Å². The predicted molar refractivity (Wildman–Crippen MR) is 87.4 cm³/mol. The Morgan fingerprint density at radius 1 is 1.13 bits per heavy atom. The number of aromatic nitrogens is 2. The van der Waals surface area contributed by atoms with E-state index in [9.17, 15) is 9.90 Å². The molecule has 2 fully saturated rings. The van der Waals surface area contributed by atoms with E-state index in [0.29, 0.717) is 43.4 Å². The van der Waals surface area contributed by atoms with Crippen LogP contribution in [-0.2, 0) is 0 Å². The summed E-state index contributed by atoms with van der Waals surface area (Å²) in [6.07, 6.45) is 3.18. The highest BCUT2D eigenvalue weighted by Gasteiger charge is 2.26. The van der Waals surface area contributed by atoms with Crippen LogP contribution in [-0.4, -0.2) is 70.1 Å². The van der Waals surface area contributed by atoms with Crippen LogP contribution >= 0.6 is 0 Å². The number of hydrogen-bond acceptors (Lipinski definition) is 5. The Morgan fingerprint density at radius 2 is 1.78 bits per heavy atom. The Bertz CT molecular complexity index is 562. The third-order valence-electron chi connectivity index (χ3n) is 4.97. The van der Waals surface area contributed by atoms with Crippen LogP contribution in [0.5, 0.6) is 0 Å². The Labute approximate surface area is 137 Å². The number of aliphatic hydroxyl groups is 1. The Kier molecular flexibility index (Phi) is 4.92. The van der Waals surface area contributed by atoms with E-state index in [4.69, 9.17) is 0 Å². The van der Waals surface area contributed by atoms with E-state index in [-0.39, 0.29) is 12.0 Å². The summed E-state index contributed by atoms with van der Waals surface area (Å²) < 4.78 is 0. The lowest BCUT2D eigenvalue weighted by atomic mass is 9.93. The number of likely N-dealkylation sites (tertiary alicyclic amines) is 2. The summed E-state index contributed by atoms with van der Waals surface area (Å²) in [6.45, 7) is 5.20. The molecule has 1 aromatic rings.